The first kappa shape index (κ1) is 10.5. The third-order valence-electron chi connectivity index (χ3n) is 2.98. The van der Waals surface area contributed by atoms with Crippen molar-refractivity contribution in [2.45, 2.75) is 45.6 Å². The summed E-state index contributed by atoms with van der Waals surface area (Å²) in [6.07, 6.45) is 3.28. The van der Waals surface area contributed by atoms with Crippen LogP contribution in [0.15, 0.2) is 0 Å². The van der Waals surface area contributed by atoms with Crippen molar-refractivity contribution in [3.05, 3.63) is 5.82 Å². The molecule has 0 saturated heterocycles. The normalized spacial score (nSPS) is 19.2. The quantitative estimate of drug-likeness (QED) is 0.796. The monoisotopic (exact) mass is 209 g/mol. The van der Waals surface area contributed by atoms with Crippen LogP contribution in [0, 0.1) is 5.41 Å². The van der Waals surface area contributed by atoms with E-state index in [0.717, 1.165) is 18.8 Å². The van der Waals surface area contributed by atoms with Crippen molar-refractivity contribution in [3.8, 4) is 0 Å². The highest BCUT2D eigenvalue weighted by Crippen LogP contribution is 2.46. The third-order valence-corrected chi connectivity index (χ3v) is 2.98. The van der Waals surface area contributed by atoms with Gasteiger partial charge < -0.3 is 5.73 Å². The van der Waals surface area contributed by atoms with E-state index in [0.29, 0.717) is 0 Å². The maximum absolute atomic E-state index is 5.73. The lowest BCUT2D eigenvalue weighted by Gasteiger charge is -2.15. The van der Waals surface area contributed by atoms with Crippen LogP contribution < -0.4 is 5.73 Å². The Balaban J connectivity index is 2.08. The molecule has 1 aliphatic carbocycles. The molecule has 0 atom stereocenters. The second-order valence-corrected chi connectivity index (χ2v) is 5.55. The summed E-state index contributed by atoms with van der Waals surface area (Å²) in [4.78, 5) is 1.68. The molecule has 84 valence electrons. The highest BCUT2D eigenvalue weighted by atomic mass is 15.6. The summed E-state index contributed by atoms with van der Waals surface area (Å²) in [5, 5.41) is 12.5. The van der Waals surface area contributed by atoms with Crippen molar-refractivity contribution in [2.75, 3.05) is 6.54 Å². The summed E-state index contributed by atoms with van der Waals surface area (Å²) in [5.41, 5.74) is 5.92. The topological polar surface area (TPSA) is 69.6 Å². The number of nitrogens with two attached hydrogens (primary N) is 1. The molecule has 0 amide bonds. The van der Waals surface area contributed by atoms with Crippen molar-refractivity contribution in [1.82, 2.24) is 20.2 Å². The van der Waals surface area contributed by atoms with Gasteiger partial charge in [-0.2, -0.15) is 4.80 Å². The molecule has 0 bridgehead atoms. The van der Waals surface area contributed by atoms with Gasteiger partial charge in [-0.3, -0.25) is 0 Å². The van der Waals surface area contributed by atoms with Gasteiger partial charge in [0.25, 0.3) is 0 Å². The Morgan fingerprint density at radius 3 is 2.47 bits per heavy atom. The molecule has 0 unspecified atom stereocenters. The standard InChI is InChI=1S/C10H19N5/c1-9(2,3)15-13-8(12-14-15)6-10(7-11)4-5-10/h4-7,11H2,1-3H3. The minimum atomic E-state index is -0.0926. The van der Waals surface area contributed by atoms with Crippen LogP contribution in [0.2, 0.25) is 0 Å². The molecule has 1 fully saturated rings. The zero-order valence-corrected chi connectivity index (χ0v) is 9.69. The van der Waals surface area contributed by atoms with E-state index in [1.165, 1.54) is 12.8 Å². The van der Waals surface area contributed by atoms with Crippen LogP contribution in [-0.4, -0.2) is 26.8 Å². The number of tetrazole rings is 1. The van der Waals surface area contributed by atoms with E-state index in [1.807, 2.05) is 0 Å². The minimum absolute atomic E-state index is 0.0926. The summed E-state index contributed by atoms with van der Waals surface area (Å²) >= 11 is 0. The fourth-order valence-electron chi connectivity index (χ4n) is 1.56. The molecule has 0 aromatic carbocycles. The lowest BCUT2D eigenvalue weighted by molar-refractivity contribution is 0.304. The maximum Gasteiger partial charge on any atom is 0.175 e. The molecule has 1 aromatic rings. The van der Waals surface area contributed by atoms with Crippen LogP contribution in [0.5, 0.6) is 0 Å². The first-order valence-electron chi connectivity index (χ1n) is 5.45. The predicted molar refractivity (Wildman–Crippen MR) is 57.2 cm³/mol. The second-order valence-electron chi connectivity index (χ2n) is 5.55. The lowest BCUT2D eigenvalue weighted by atomic mass is 10.0. The molecule has 1 aliphatic rings. The fourth-order valence-corrected chi connectivity index (χ4v) is 1.56. The second kappa shape index (κ2) is 3.27. The van der Waals surface area contributed by atoms with Crippen molar-refractivity contribution >= 4 is 0 Å². The Bertz CT molecular complexity index is 345. The van der Waals surface area contributed by atoms with Crippen molar-refractivity contribution in [1.29, 1.82) is 0 Å². The number of aromatic nitrogens is 4. The third kappa shape index (κ3) is 2.17. The highest BCUT2D eigenvalue weighted by molar-refractivity contribution is 5.01. The summed E-state index contributed by atoms with van der Waals surface area (Å²) in [7, 11) is 0. The Labute approximate surface area is 90.0 Å². The van der Waals surface area contributed by atoms with Crippen molar-refractivity contribution < 1.29 is 0 Å². The van der Waals surface area contributed by atoms with Gasteiger partial charge in [0.1, 0.15) is 0 Å². The number of hydrogen-bond donors (Lipinski definition) is 1. The molecule has 15 heavy (non-hydrogen) atoms. The zero-order chi connectivity index (χ0) is 11.1. The van der Waals surface area contributed by atoms with Crippen LogP contribution in [0.1, 0.15) is 39.4 Å². The Hall–Kier alpha value is -0.970. The number of hydrogen-bond acceptors (Lipinski definition) is 4. The lowest BCUT2D eigenvalue weighted by Crippen LogP contribution is -2.25. The SMILES string of the molecule is CC(C)(C)n1nnc(CC2(CN)CC2)n1. The summed E-state index contributed by atoms with van der Waals surface area (Å²) in [5.74, 6) is 0.827. The maximum atomic E-state index is 5.73. The van der Waals surface area contributed by atoms with E-state index in [4.69, 9.17) is 5.73 Å². The van der Waals surface area contributed by atoms with Crippen LogP contribution >= 0.6 is 0 Å². The van der Waals surface area contributed by atoms with Gasteiger partial charge in [-0.05, 0) is 50.8 Å². The molecular formula is C10H19N5. The number of nitrogens with zero attached hydrogens (tertiary/aromatic N) is 4. The molecule has 0 spiro atoms. The molecule has 0 aliphatic heterocycles. The largest absolute Gasteiger partial charge is 0.330 e. The van der Waals surface area contributed by atoms with Gasteiger partial charge in [-0.15, -0.1) is 10.2 Å². The molecule has 1 aromatic heterocycles. The smallest absolute Gasteiger partial charge is 0.175 e. The van der Waals surface area contributed by atoms with Gasteiger partial charge in [0.15, 0.2) is 5.82 Å². The van der Waals surface area contributed by atoms with E-state index in [9.17, 15) is 0 Å². The van der Waals surface area contributed by atoms with Crippen LogP contribution in [0.3, 0.4) is 0 Å². The Morgan fingerprint density at radius 2 is 2.07 bits per heavy atom. The summed E-state index contributed by atoms with van der Waals surface area (Å²) in [6, 6.07) is 0. The number of rotatable bonds is 3. The Morgan fingerprint density at radius 1 is 1.40 bits per heavy atom. The van der Waals surface area contributed by atoms with Gasteiger partial charge in [0.05, 0.1) is 5.54 Å². The van der Waals surface area contributed by atoms with E-state index in [2.05, 4.69) is 36.2 Å². The summed E-state index contributed by atoms with van der Waals surface area (Å²) < 4.78 is 0. The minimum Gasteiger partial charge on any atom is -0.330 e. The van der Waals surface area contributed by atoms with Crippen LogP contribution in [0.25, 0.3) is 0 Å². The van der Waals surface area contributed by atoms with Gasteiger partial charge in [-0.25, -0.2) is 0 Å². The average molecular weight is 209 g/mol. The predicted octanol–water partition coefficient (Wildman–Crippen LogP) is 0.709. The highest BCUT2D eigenvalue weighted by Gasteiger charge is 2.42. The molecule has 5 heteroatoms. The molecule has 0 radical (unpaired) electrons. The Kier molecular flexibility index (Phi) is 2.30. The van der Waals surface area contributed by atoms with Gasteiger partial charge in [-0.1, -0.05) is 0 Å². The van der Waals surface area contributed by atoms with Crippen LogP contribution in [-0.2, 0) is 12.0 Å². The first-order chi connectivity index (χ1) is 6.95. The van der Waals surface area contributed by atoms with Crippen molar-refractivity contribution in [3.63, 3.8) is 0 Å². The fraction of sp³-hybridized carbons (Fsp3) is 0.900. The molecule has 1 saturated carbocycles. The average Bonchev–Trinajstić information content (AvgIpc) is 2.73. The van der Waals surface area contributed by atoms with E-state index in [1.54, 1.807) is 4.80 Å². The van der Waals surface area contributed by atoms with Crippen molar-refractivity contribution in [2.24, 2.45) is 11.1 Å². The summed E-state index contributed by atoms with van der Waals surface area (Å²) in [6.45, 7) is 6.92. The molecular weight excluding hydrogens is 190 g/mol. The zero-order valence-electron chi connectivity index (χ0n) is 9.69. The van der Waals surface area contributed by atoms with Gasteiger partial charge in [0.2, 0.25) is 0 Å². The van der Waals surface area contributed by atoms with Crippen LogP contribution in [0.4, 0.5) is 0 Å². The van der Waals surface area contributed by atoms with E-state index >= 15 is 0 Å². The molecule has 1 heterocycles. The first-order valence-corrected chi connectivity index (χ1v) is 5.45. The van der Waals surface area contributed by atoms with E-state index < -0.39 is 0 Å². The molecule has 2 N–H and O–H groups in total. The van der Waals surface area contributed by atoms with Gasteiger partial charge >= 0.3 is 0 Å². The van der Waals surface area contributed by atoms with E-state index in [-0.39, 0.29) is 11.0 Å². The molecule has 2 rings (SSSR count). The van der Waals surface area contributed by atoms with Gasteiger partial charge in [0, 0.05) is 6.42 Å². The molecule has 5 nitrogen and oxygen atoms in total.